The number of hydrogen-bond acceptors (Lipinski definition) is 5. The average molecular weight is 351 g/mol. The number of rotatable bonds is 5. The molecule has 3 nitrogen and oxygen atoms in total. The summed E-state index contributed by atoms with van der Waals surface area (Å²) in [4.78, 5) is 0. The summed E-state index contributed by atoms with van der Waals surface area (Å²) < 4.78 is 25.0. The van der Waals surface area contributed by atoms with E-state index in [1.807, 2.05) is 13.8 Å². The van der Waals surface area contributed by atoms with Crippen molar-refractivity contribution < 1.29 is 13.6 Å². The van der Waals surface area contributed by atoms with Crippen molar-refractivity contribution in [2.24, 2.45) is 0 Å². The Balaban J connectivity index is 3.25. The van der Waals surface area contributed by atoms with Gasteiger partial charge in [-0.15, -0.1) is 29.1 Å². The van der Waals surface area contributed by atoms with Crippen LogP contribution in [0.1, 0.15) is 13.8 Å². The molecule has 1 heterocycles. The van der Waals surface area contributed by atoms with E-state index in [9.17, 15) is 4.57 Å². The quantitative estimate of drug-likeness (QED) is 0.405. The highest BCUT2D eigenvalue weighted by molar-refractivity contribution is 8.25. The topological polar surface area (TPSA) is 35.5 Å². The summed E-state index contributed by atoms with van der Waals surface area (Å²) in [7, 11) is -4.82. The lowest BCUT2D eigenvalue weighted by molar-refractivity contribution is 0.227. The van der Waals surface area contributed by atoms with E-state index in [0.29, 0.717) is 18.5 Å². The maximum Gasteiger partial charge on any atom is 0.371 e. The minimum Gasteiger partial charge on any atom is -0.305 e. The maximum atomic E-state index is 13.0. The van der Waals surface area contributed by atoms with E-state index in [1.54, 1.807) is 23.5 Å². The monoisotopic (exact) mass is 350 g/mol. The molecule has 0 saturated carbocycles. The van der Waals surface area contributed by atoms with Gasteiger partial charge in [0.05, 0.1) is 17.5 Å². The molecule has 1 aliphatic heterocycles. The third-order valence-corrected chi connectivity index (χ3v) is 8.14. The molecule has 0 amide bonds. The molecule has 1 saturated heterocycles. The number of hydrogen-bond donors (Lipinski definition) is 0. The summed E-state index contributed by atoms with van der Waals surface area (Å²) >= 11 is 3.41. The van der Waals surface area contributed by atoms with Gasteiger partial charge in [-0.1, -0.05) is 25.6 Å². The molecular weight excluding hydrogens is 327 g/mol. The van der Waals surface area contributed by atoms with Crippen LogP contribution >= 0.6 is 31.1 Å². The lowest BCUT2D eigenvalue weighted by atomic mass is 10.7. The molecule has 114 valence electrons. The van der Waals surface area contributed by atoms with Gasteiger partial charge in [-0.25, -0.2) is 0 Å². The average Bonchev–Trinajstić information content (AvgIpc) is 2.81. The zero-order valence-electron chi connectivity index (χ0n) is 12.8. The lowest BCUT2D eigenvalue weighted by Gasteiger charge is -2.18. The molecule has 0 bridgehead atoms. The zero-order chi connectivity index (χ0) is 15.2. The molecule has 1 fully saturated rings. The van der Waals surface area contributed by atoms with E-state index in [4.69, 9.17) is 9.05 Å². The Morgan fingerprint density at radius 3 is 2.10 bits per heavy atom. The molecule has 0 N–H and O–H groups in total. The van der Waals surface area contributed by atoms with Crippen molar-refractivity contribution >= 4 is 39.2 Å². The van der Waals surface area contributed by atoms with Gasteiger partial charge in [0, 0.05) is 11.5 Å². The first kappa shape index (κ1) is 18.4. The van der Waals surface area contributed by atoms with Crippen LogP contribution in [-0.4, -0.2) is 32.8 Å². The molecule has 0 aromatic carbocycles. The van der Waals surface area contributed by atoms with Crippen molar-refractivity contribution in [3.63, 3.8) is 0 Å². The fourth-order valence-electron chi connectivity index (χ4n) is 1.43. The van der Waals surface area contributed by atoms with Crippen LogP contribution in [-0.2, 0) is 13.6 Å². The fourth-order valence-corrected chi connectivity index (χ4v) is 6.77. The molecule has 7 heteroatoms. The van der Waals surface area contributed by atoms with Crippen LogP contribution in [0, 0.1) is 11.5 Å². The van der Waals surface area contributed by atoms with Crippen LogP contribution in [0.5, 0.6) is 0 Å². The Morgan fingerprint density at radius 1 is 1.20 bits per heavy atom. The number of thioether (sulfide) groups is 2. The van der Waals surface area contributed by atoms with E-state index in [1.165, 1.54) is 0 Å². The largest absolute Gasteiger partial charge is 0.371 e. The SMILES string of the molecule is CCOP(=O)(OCC)C(C#C[Si](C)(C)C)=C1SCCS1. The highest BCUT2D eigenvalue weighted by Crippen LogP contribution is 2.60. The van der Waals surface area contributed by atoms with Crippen LogP contribution in [0.3, 0.4) is 0 Å². The molecule has 0 atom stereocenters. The van der Waals surface area contributed by atoms with E-state index < -0.39 is 15.7 Å². The van der Waals surface area contributed by atoms with Crippen LogP contribution in [0.2, 0.25) is 19.6 Å². The highest BCUT2D eigenvalue weighted by atomic mass is 32.2. The fraction of sp³-hybridized carbons (Fsp3) is 0.692. The van der Waals surface area contributed by atoms with Gasteiger partial charge < -0.3 is 9.05 Å². The Morgan fingerprint density at radius 2 is 1.70 bits per heavy atom. The van der Waals surface area contributed by atoms with Crippen molar-refractivity contribution in [3.8, 4) is 11.5 Å². The molecule has 0 aromatic heterocycles. The van der Waals surface area contributed by atoms with Crippen molar-refractivity contribution in [2.45, 2.75) is 33.5 Å². The first-order valence-electron chi connectivity index (χ1n) is 6.75. The van der Waals surface area contributed by atoms with E-state index >= 15 is 0 Å². The van der Waals surface area contributed by atoms with Crippen LogP contribution in [0.15, 0.2) is 9.55 Å². The van der Waals surface area contributed by atoms with Crippen LogP contribution in [0.4, 0.5) is 0 Å². The van der Waals surface area contributed by atoms with Gasteiger partial charge in [0.1, 0.15) is 13.4 Å². The Kier molecular flexibility index (Phi) is 7.48. The zero-order valence-corrected chi connectivity index (χ0v) is 16.3. The Bertz CT molecular complexity index is 456. The normalized spacial score (nSPS) is 15.9. The summed E-state index contributed by atoms with van der Waals surface area (Å²) in [6.45, 7) is 10.9. The minimum absolute atomic E-state index is 0.359. The third-order valence-electron chi connectivity index (χ3n) is 2.17. The minimum atomic E-state index is -3.28. The second kappa shape index (κ2) is 8.12. The predicted octanol–water partition coefficient (Wildman–Crippen LogP) is 4.78. The van der Waals surface area contributed by atoms with Crippen molar-refractivity contribution in [1.29, 1.82) is 0 Å². The molecule has 0 aliphatic carbocycles. The highest BCUT2D eigenvalue weighted by Gasteiger charge is 2.33. The van der Waals surface area contributed by atoms with Crippen molar-refractivity contribution in [2.75, 3.05) is 24.7 Å². The van der Waals surface area contributed by atoms with Gasteiger partial charge in [-0.05, 0) is 13.8 Å². The summed E-state index contributed by atoms with van der Waals surface area (Å²) in [5.41, 5.74) is 3.29. The molecule has 20 heavy (non-hydrogen) atoms. The first-order valence-corrected chi connectivity index (χ1v) is 13.8. The van der Waals surface area contributed by atoms with Gasteiger partial charge in [0.2, 0.25) is 0 Å². The first-order chi connectivity index (χ1) is 9.32. The van der Waals surface area contributed by atoms with Gasteiger partial charge in [0.15, 0.2) is 0 Å². The third kappa shape index (κ3) is 5.63. The van der Waals surface area contributed by atoms with Gasteiger partial charge in [0.25, 0.3) is 0 Å². The molecule has 0 radical (unpaired) electrons. The summed E-state index contributed by atoms with van der Waals surface area (Å²) in [5, 5.41) is 0.580. The predicted molar refractivity (Wildman–Crippen MR) is 93.9 cm³/mol. The smallest absolute Gasteiger partial charge is 0.305 e. The van der Waals surface area contributed by atoms with Crippen molar-refractivity contribution in [1.82, 2.24) is 0 Å². The van der Waals surface area contributed by atoms with E-state index in [2.05, 4.69) is 31.1 Å². The maximum absolute atomic E-state index is 13.0. The van der Waals surface area contributed by atoms with Crippen molar-refractivity contribution in [3.05, 3.63) is 9.55 Å². The van der Waals surface area contributed by atoms with Gasteiger partial charge >= 0.3 is 7.60 Å². The van der Waals surface area contributed by atoms with Gasteiger partial charge in [-0.3, -0.25) is 4.57 Å². The molecule has 1 rings (SSSR count). The Hall–Kier alpha value is 0.367. The molecule has 1 aliphatic rings. The molecule has 0 spiro atoms. The van der Waals surface area contributed by atoms with Crippen LogP contribution < -0.4 is 0 Å². The standard InChI is InChI=1S/C13H23O3PS2Si/c1-6-15-17(14,16-7-2)12(8-11-20(3,4)5)13-18-9-10-19-13/h6-7,9-10H2,1-5H3. The van der Waals surface area contributed by atoms with Gasteiger partial charge in [-0.2, -0.15) is 0 Å². The molecular formula is C13H23O3PS2Si. The van der Waals surface area contributed by atoms with Crippen LogP contribution in [0.25, 0.3) is 0 Å². The number of allylic oxidation sites excluding steroid dienone is 1. The summed E-state index contributed by atoms with van der Waals surface area (Å²) in [6.07, 6.45) is 0. The molecule has 0 aromatic rings. The summed E-state index contributed by atoms with van der Waals surface area (Å²) in [6, 6.07) is 0. The van der Waals surface area contributed by atoms with E-state index in [0.717, 1.165) is 15.7 Å². The lowest BCUT2D eigenvalue weighted by Crippen LogP contribution is -2.16. The molecule has 0 unspecified atom stereocenters. The second-order valence-electron chi connectivity index (χ2n) is 5.17. The van der Waals surface area contributed by atoms with E-state index in [-0.39, 0.29) is 0 Å². The second-order valence-corrected chi connectivity index (χ2v) is 14.3. The summed E-state index contributed by atoms with van der Waals surface area (Å²) in [5.74, 6) is 5.20. The Labute approximate surface area is 132 Å².